The SMILES string of the molecule is COc1ccc(OC)c(N(CC(=O)N(Cc2ccc(Br)cc2)[C@@H](Cc2ccccc2)C(=O)NC(C)C)S(C)(=O)=O)c1. The Morgan fingerprint density at radius 1 is 0.927 bits per heavy atom. The molecule has 0 spiro atoms. The van der Waals surface area contributed by atoms with Gasteiger partial charge >= 0.3 is 0 Å². The van der Waals surface area contributed by atoms with Gasteiger partial charge in [-0.1, -0.05) is 58.4 Å². The first-order chi connectivity index (χ1) is 19.4. The highest BCUT2D eigenvalue weighted by Gasteiger charge is 2.34. The second-order valence-corrected chi connectivity index (χ2v) is 12.6. The molecule has 0 aliphatic carbocycles. The molecule has 220 valence electrons. The number of anilines is 1. The van der Waals surface area contributed by atoms with Crippen molar-refractivity contribution in [2.24, 2.45) is 0 Å². The molecule has 3 aromatic carbocycles. The molecule has 0 saturated carbocycles. The standard InChI is InChI=1S/C30H36BrN3O6S/c1-21(2)32-30(36)27(17-22-9-7-6-8-10-22)33(19-23-11-13-24(31)14-12-23)29(35)20-34(41(5,37)38)26-18-25(39-3)15-16-28(26)40-4/h6-16,18,21,27H,17,19-20H2,1-5H3,(H,32,36)/t27-/m0/s1. The predicted octanol–water partition coefficient (Wildman–Crippen LogP) is 4.40. The van der Waals surface area contributed by atoms with Crippen molar-refractivity contribution < 1.29 is 27.5 Å². The molecule has 0 aliphatic rings. The summed E-state index contributed by atoms with van der Waals surface area (Å²) in [6.45, 7) is 3.22. The quantitative estimate of drug-likeness (QED) is 0.296. The Hall–Kier alpha value is -3.57. The van der Waals surface area contributed by atoms with Crippen molar-refractivity contribution in [1.82, 2.24) is 10.2 Å². The van der Waals surface area contributed by atoms with Gasteiger partial charge in [-0.3, -0.25) is 13.9 Å². The highest BCUT2D eigenvalue weighted by molar-refractivity contribution is 9.10. The monoisotopic (exact) mass is 645 g/mol. The van der Waals surface area contributed by atoms with E-state index in [0.717, 1.165) is 26.2 Å². The second-order valence-electron chi connectivity index (χ2n) is 9.82. The normalized spacial score (nSPS) is 12.0. The van der Waals surface area contributed by atoms with Crippen LogP contribution in [0.3, 0.4) is 0 Å². The van der Waals surface area contributed by atoms with E-state index in [1.165, 1.54) is 25.2 Å². The number of benzene rings is 3. The summed E-state index contributed by atoms with van der Waals surface area (Å²) in [6.07, 6.45) is 1.26. The maximum Gasteiger partial charge on any atom is 0.244 e. The number of halogens is 1. The summed E-state index contributed by atoms with van der Waals surface area (Å²) in [5.41, 5.74) is 1.79. The molecule has 3 aromatic rings. The van der Waals surface area contributed by atoms with Gasteiger partial charge in [0.2, 0.25) is 21.8 Å². The fourth-order valence-electron chi connectivity index (χ4n) is 4.31. The van der Waals surface area contributed by atoms with Gasteiger partial charge in [0.05, 0.1) is 26.2 Å². The van der Waals surface area contributed by atoms with Crippen molar-refractivity contribution in [3.8, 4) is 11.5 Å². The number of ether oxygens (including phenoxy) is 2. The third kappa shape index (κ3) is 8.96. The number of rotatable bonds is 13. The van der Waals surface area contributed by atoms with E-state index in [0.29, 0.717) is 5.75 Å². The Morgan fingerprint density at radius 2 is 1.59 bits per heavy atom. The Bertz CT molecular complexity index is 1430. The molecular weight excluding hydrogens is 610 g/mol. The van der Waals surface area contributed by atoms with Gasteiger partial charge in [-0.2, -0.15) is 0 Å². The van der Waals surface area contributed by atoms with Crippen LogP contribution in [0.2, 0.25) is 0 Å². The van der Waals surface area contributed by atoms with Gasteiger partial charge < -0.3 is 19.7 Å². The average Bonchev–Trinajstić information content (AvgIpc) is 2.93. The molecule has 1 N–H and O–H groups in total. The van der Waals surface area contributed by atoms with Crippen LogP contribution in [0, 0.1) is 0 Å². The van der Waals surface area contributed by atoms with E-state index in [1.807, 2.05) is 68.4 Å². The Kier molecular flexibility index (Phi) is 11.2. The van der Waals surface area contributed by atoms with Gasteiger partial charge in [0.15, 0.2) is 0 Å². The Balaban J connectivity index is 2.10. The number of hydrogen-bond acceptors (Lipinski definition) is 6. The number of nitrogens with zero attached hydrogens (tertiary/aromatic N) is 2. The summed E-state index contributed by atoms with van der Waals surface area (Å²) >= 11 is 3.43. The molecule has 0 bridgehead atoms. The molecule has 1 atom stereocenters. The van der Waals surface area contributed by atoms with Crippen LogP contribution in [-0.4, -0.2) is 64.2 Å². The van der Waals surface area contributed by atoms with E-state index in [4.69, 9.17) is 9.47 Å². The molecule has 0 saturated heterocycles. The molecule has 3 rings (SSSR count). The van der Waals surface area contributed by atoms with Gasteiger partial charge in [-0.15, -0.1) is 0 Å². The summed E-state index contributed by atoms with van der Waals surface area (Å²) in [4.78, 5) is 29.2. The van der Waals surface area contributed by atoms with Gasteiger partial charge in [0.25, 0.3) is 0 Å². The minimum Gasteiger partial charge on any atom is -0.497 e. The lowest BCUT2D eigenvalue weighted by molar-refractivity contribution is -0.140. The maximum atomic E-state index is 14.2. The molecular formula is C30H36BrN3O6S. The van der Waals surface area contributed by atoms with Crippen molar-refractivity contribution >= 4 is 43.5 Å². The molecule has 9 nitrogen and oxygen atoms in total. The highest BCUT2D eigenvalue weighted by atomic mass is 79.9. The zero-order valence-electron chi connectivity index (χ0n) is 23.8. The van der Waals surface area contributed by atoms with Crippen LogP contribution in [0.1, 0.15) is 25.0 Å². The van der Waals surface area contributed by atoms with Crippen LogP contribution in [0.25, 0.3) is 0 Å². The van der Waals surface area contributed by atoms with Gasteiger partial charge in [0.1, 0.15) is 24.1 Å². The number of carbonyl (C=O) groups is 2. The van der Waals surface area contributed by atoms with Gasteiger partial charge in [-0.25, -0.2) is 8.42 Å². The second kappa shape index (κ2) is 14.4. The molecule has 0 aromatic heterocycles. The topological polar surface area (TPSA) is 105 Å². The molecule has 11 heteroatoms. The molecule has 0 unspecified atom stereocenters. The summed E-state index contributed by atoms with van der Waals surface area (Å²) in [5, 5.41) is 2.93. The van der Waals surface area contributed by atoms with Crippen LogP contribution in [0.4, 0.5) is 5.69 Å². The van der Waals surface area contributed by atoms with Crippen LogP contribution in [0.5, 0.6) is 11.5 Å². The lowest BCUT2D eigenvalue weighted by atomic mass is 10.0. The summed E-state index contributed by atoms with van der Waals surface area (Å²) in [6, 6.07) is 20.4. The molecule has 0 fully saturated rings. The smallest absolute Gasteiger partial charge is 0.244 e. The fourth-order valence-corrected chi connectivity index (χ4v) is 5.42. The number of nitrogens with one attached hydrogen (secondary N) is 1. The number of carbonyl (C=O) groups excluding carboxylic acids is 2. The third-order valence-corrected chi connectivity index (χ3v) is 7.96. The average molecular weight is 647 g/mol. The van der Waals surface area contributed by atoms with Gasteiger partial charge in [0, 0.05) is 29.5 Å². The van der Waals surface area contributed by atoms with Crippen LogP contribution < -0.4 is 19.1 Å². The first-order valence-corrected chi connectivity index (χ1v) is 15.6. The fraction of sp³-hybridized carbons (Fsp3) is 0.333. The van der Waals surface area contributed by atoms with Crippen molar-refractivity contribution in [2.75, 3.05) is 31.3 Å². The molecule has 0 aliphatic heterocycles. The number of amides is 2. The predicted molar refractivity (Wildman–Crippen MR) is 164 cm³/mol. The van der Waals surface area contributed by atoms with E-state index in [1.54, 1.807) is 12.1 Å². The Labute approximate surface area is 250 Å². The van der Waals surface area contributed by atoms with Crippen LogP contribution in [0.15, 0.2) is 77.3 Å². The zero-order chi connectivity index (χ0) is 30.2. The van der Waals surface area contributed by atoms with E-state index in [9.17, 15) is 18.0 Å². The summed E-state index contributed by atoms with van der Waals surface area (Å²) < 4.78 is 38.7. The van der Waals surface area contributed by atoms with E-state index >= 15 is 0 Å². The van der Waals surface area contributed by atoms with E-state index < -0.39 is 28.5 Å². The summed E-state index contributed by atoms with van der Waals surface area (Å²) in [5.74, 6) is -0.240. The first kappa shape index (κ1) is 32.0. The first-order valence-electron chi connectivity index (χ1n) is 13.0. The van der Waals surface area contributed by atoms with E-state index in [2.05, 4.69) is 21.2 Å². The lowest BCUT2D eigenvalue weighted by Gasteiger charge is -2.34. The molecule has 41 heavy (non-hydrogen) atoms. The minimum absolute atomic E-state index is 0.0853. The van der Waals surface area contributed by atoms with Crippen molar-refractivity contribution in [2.45, 2.75) is 38.9 Å². The molecule has 0 heterocycles. The van der Waals surface area contributed by atoms with Gasteiger partial charge in [-0.05, 0) is 49.2 Å². The third-order valence-electron chi connectivity index (χ3n) is 6.30. The van der Waals surface area contributed by atoms with Crippen LogP contribution >= 0.6 is 15.9 Å². The highest BCUT2D eigenvalue weighted by Crippen LogP contribution is 2.34. The molecule has 2 amide bonds. The summed E-state index contributed by atoms with van der Waals surface area (Å²) in [7, 11) is -1.09. The number of sulfonamides is 1. The number of hydrogen-bond donors (Lipinski definition) is 1. The lowest BCUT2D eigenvalue weighted by Crippen LogP contribution is -2.54. The van der Waals surface area contributed by atoms with Crippen molar-refractivity contribution in [3.63, 3.8) is 0 Å². The minimum atomic E-state index is -3.96. The van der Waals surface area contributed by atoms with Crippen molar-refractivity contribution in [1.29, 1.82) is 0 Å². The largest absolute Gasteiger partial charge is 0.497 e. The van der Waals surface area contributed by atoms with Crippen molar-refractivity contribution in [3.05, 3.63) is 88.4 Å². The maximum absolute atomic E-state index is 14.2. The Morgan fingerprint density at radius 3 is 2.15 bits per heavy atom. The number of methoxy groups -OCH3 is 2. The van der Waals surface area contributed by atoms with E-state index in [-0.39, 0.29) is 36.4 Å². The van der Waals surface area contributed by atoms with Crippen LogP contribution in [-0.2, 0) is 32.6 Å². The zero-order valence-corrected chi connectivity index (χ0v) is 26.2. The molecule has 0 radical (unpaired) electrons.